The van der Waals surface area contributed by atoms with Gasteiger partial charge < -0.3 is 14.6 Å². The predicted molar refractivity (Wildman–Crippen MR) is 84.7 cm³/mol. The van der Waals surface area contributed by atoms with Crippen molar-refractivity contribution in [3.8, 4) is 11.4 Å². The van der Waals surface area contributed by atoms with Crippen LogP contribution in [0.3, 0.4) is 0 Å². The van der Waals surface area contributed by atoms with Crippen molar-refractivity contribution >= 4 is 5.91 Å². The number of hydrogen-bond acceptors (Lipinski definition) is 5. The van der Waals surface area contributed by atoms with E-state index in [4.69, 9.17) is 9.26 Å². The minimum atomic E-state index is 0.00647. The summed E-state index contributed by atoms with van der Waals surface area (Å²) in [7, 11) is 0. The zero-order chi connectivity index (χ0) is 16.1. The predicted octanol–water partition coefficient (Wildman–Crippen LogP) is 2.13. The first-order valence-electron chi connectivity index (χ1n) is 7.95. The summed E-state index contributed by atoms with van der Waals surface area (Å²) < 4.78 is 10.5. The van der Waals surface area contributed by atoms with Gasteiger partial charge in [0.05, 0.1) is 6.61 Å². The summed E-state index contributed by atoms with van der Waals surface area (Å²) in [5.41, 5.74) is 2.10. The Kier molecular flexibility index (Phi) is 5.02. The Morgan fingerprint density at radius 2 is 2.17 bits per heavy atom. The number of aryl methyl sites for hydroxylation is 2. The second kappa shape index (κ2) is 7.37. The zero-order valence-electron chi connectivity index (χ0n) is 13.2. The maximum Gasteiger partial charge on any atom is 0.227 e. The fourth-order valence-corrected chi connectivity index (χ4v) is 2.49. The van der Waals surface area contributed by atoms with Crippen molar-refractivity contribution in [2.75, 3.05) is 19.8 Å². The molecule has 6 nitrogen and oxygen atoms in total. The lowest BCUT2D eigenvalue weighted by Crippen LogP contribution is -2.29. The topological polar surface area (TPSA) is 77.2 Å². The van der Waals surface area contributed by atoms with Crippen LogP contribution in [0.5, 0.6) is 0 Å². The largest absolute Gasteiger partial charge is 0.381 e. The highest BCUT2D eigenvalue weighted by Crippen LogP contribution is 2.17. The van der Waals surface area contributed by atoms with Crippen molar-refractivity contribution in [2.45, 2.75) is 26.2 Å². The fourth-order valence-electron chi connectivity index (χ4n) is 2.49. The van der Waals surface area contributed by atoms with E-state index in [1.807, 2.05) is 31.2 Å². The minimum Gasteiger partial charge on any atom is -0.381 e. The third-order valence-corrected chi connectivity index (χ3v) is 3.96. The summed E-state index contributed by atoms with van der Waals surface area (Å²) in [5.74, 6) is 1.49. The second-order valence-corrected chi connectivity index (χ2v) is 5.91. The number of rotatable bonds is 6. The van der Waals surface area contributed by atoms with Gasteiger partial charge in [0, 0.05) is 37.5 Å². The molecule has 6 heteroatoms. The molecule has 1 unspecified atom stereocenters. The van der Waals surface area contributed by atoms with Gasteiger partial charge in [-0.3, -0.25) is 4.79 Å². The maximum absolute atomic E-state index is 11.8. The van der Waals surface area contributed by atoms with Crippen LogP contribution in [0.15, 0.2) is 28.8 Å². The molecule has 2 aromatic rings. The third-order valence-electron chi connectivity index (χ3n) is 3.96. The molecular weight excluding hydrogens is 294 g/mol. The molecule has 1 N–H and O–H groups in total. The SMILES string of the molecule is Cc1ccc(-c2noc(CCC(=O)NCC3CCOC3)n2)cc1. The zero-order valence-corrected chi connectivity index (χ0v) is 13.2. The Bertz CT molecular complexity index is 645. The van der Waals surface area contributed by atoms with E-state index in [9.17, 15) is 4.79 Å². The second-order valence-electron chi connectivity index (χ2n) is 5.91. The van der Waals surface area contributed by atoms with Crippen LogP contribution in [0.4, 0.5) is 0 Å². The first-order valence-corrected chi connectivity index (χ1v) is 7.95. The number of carbonyl (C=O) groups excluding carboxylic acids is 1. The lowest BCUT2D eigenvalue weighted by molar-refractivity contribution is -0.121. The Balaban J connectivity index is 1.47. The van der Waals surface area contributed by atoms with Crippen molar-refractivity contribution in [3.05, 3.63) is 35.7 Å². The average molecular weight is 315 g/mol. The monoisotopic (exact) mass is 315 g/mol. The summed E-state index contributed by atoms with van der Waals surface area (Å²) in [6.45, 7) is 4.24. The lowest BCUT2D eigenvalue weighted by Gasteiger charge is -2.08. The van der Waals surface area contributed by atoms with Crippen molar-refractivity contribution in [3.63, 3.8) is 0 Å². The van der Waals surface area contributed by atoms with Gasteiger partial charge in [-0.05, 0) is 13.3 Å². The van der Waals surface area contributed by atoms with Gasteiger partial charge in [0.15, 0.2) is 0 Å². The highest BCUT2D eigenvalue weighted by Gasteiger charge is 2.16. The van der Waals surface area contributed by atoms with E-state index in [0.717, 1.165) is 25.2 Å². The molecule has 0 bridgehead atoms. The first kappa shape index (κ1) is 15.7. The quantitative estimate of drug-likeness (QED) is 0.883. The number of ether oxygens (including phenoxy) is 1. The smallest absolute Gasteiger partial charge is 0.227 e. The first-order chi connectivity index (χ1) is 11.2. The van der Waals surface area contributed by atoms with Gasteiger partial charge in [-0.25, -0.2) is 0 Å². The number of nitrogens with one attached hydrogen (secondary N) is 1. The highest BCUT2D eigenvalue weighted by atomic mass is 16.5. The van der Waals surface area contributed by atoms with Crippen LogP contribution in [0.25, 0.3) is 11.4 Å². The molecule has 3 rings (SSSR count). The van der Waals surface area contributed by atoms with Gasteiger partial charge in [-0.15, -0.1) is 0 Å². The van der Waals surface area contributed by atoms with Crippen LogP contribution in [0, 0.1) is 12.8 Å². The number of nitrogens with zero attached hydrogens (tertiary/aromatic N) is 2. The molecule has 1 aromatic carbocycles. The molecule has 2 heterocycles. The third kappa shape index (κ3) is 4.39. The summed E-state index contributed by atoms with van der Waals surface area (Å²) in [6.07, 6.45) is 1.82. The molecule has 1 atom stereocenters. The van der Waals surface area contributed by atoms with E-state index in [1.165, 1.54) is 5.56 Å². The fraction of sp³-hybridized carbons (Fsp3) is 0.471. The van der Waals surface area contributed by atoms with E-state index in [2.05, 4.69) is 15.5 Å². The summed E-state index contributed by atoms with van der Waals surface area (Å²) in [6, 6.07) is 7.93. The number of carbonyl (C=O) groups is 1. The van der Waals surface area contributed by atoms with Gasteiger partial charge in [0.2, 0.25) is 17.6 Å². The molecule has 0 aliphatic carbocycles. The summed E-state index contributed by atoms with van der Waals surface area (Å²) in [4.78, 5) is 16.2. The maximum atomic E-state index is 11.8. The van der Waals surface area contributed by atoms with Crippen molar-refractivity contribution < 1.29 is 14.1 Å². The molecule has 1 aliphatic rings. The van der Waals surface area contributed by atoms with Gasteiger partial charge in [0.1, 0.15) is 0 Å². The summed E-state index contributed by atoms with van der Waals surface area (Å²) >= 11 is 0. The molecule has 122 valence electrons. The molecule has 1 saturated heterocycles. The number of hydrogen-bond donors (Lipinski definition) is 1. The molecule has 1 aromatic heterocycles. The van der Waals surface area contributed by atoms with Crippen LogP contribution in [0.1, 0.15) is 24.3 Å². The van der Waals surface area contributed by atoms with Gasteiger partial charge in [0.25, 0.3) is 0 Å². The Hall–Kier alpha value is -2.21. The van der Waals surface area contributed by atoms with Crippen LogP contribution in [0.2, 0.25) is 0 Å². The van der Waals surface area contributed by atoms with Crippen LogP contribution in [-0.4, -0.2) is 35.8 Å². The van der Waals surface area contributed by atoms with Crippen LogP contribution >= 0.6 is 0 Å². The molecule has 1 fully saturated rings. The molecular formula is C17H21N3O3. The van der Waals surface area contributed by atoms with Crippen LogP contribution in [-0.2, 0) is 16.0 Å². The molecule has 1 aliphatic heterocycles. The Morgan fingerprint density at radius 3 is 2.91 bits per heavy atom. The van der Waals surface area contributed by atoms with E-state index in [-0.39, 0.29) is 5.91 Å². The van der Waals surface area contributed by atoms with Crippen LogP contribution < -0.4 is 5.32 Å². The molecule has 0 radical (unpaired) electrons. The van der Waals surface area contributed by atoms with E-state index < -0.39 is 0 Å². The lowest BCUT2D eigenvalue weighted by atomic mass is 10.1. The molecule has 23 heavy (non-hydrogen) atoms. The number of amides is 1. The van der Waals surface area contributed by atoms with Gasteiger partial charge in [-0.1, -0.05) is 35.0 Å². The number of benzene rings is 1. The van der Waals surface area contributed by atoms with Crippen molar-refractivity contribution in [1.82, 2.24) is 15.5 Å². The van der Waals surface area contributed by atoms with Crippen molar-refractivity contribution in [2.24, 2.45) is 5.92 Å². The standard InChI is InChI=1S/C17H21N3O3/c1-12-2-4-14(5-3-12)17-19-16(23-20-17)7-6-15(21)18-10-13-8-9-22-11-13/h2-5,13H,6-11H2,1H3,(H,18,21). The normalized spacial score (nSPS) is 17.3. The molecule has 0 saturated carbocycles. The Labute approximate surface area is 135 Å². The van der Waals surface area contributed by atoms with E-state index in [1.54, 1.807) is 0 Å². The average Bonchev–Trinajstić information content (AvgIpc) is 3.23. The molecule has 1 amide bonds. The van der Waals surface area contributed by atoms with Crippen molar-refractivity contribution in [1.29, 1.82) is 0 Å². The Morgan fingerprint density at radius 1 is 1.35 bits per heavy atom. The molecule has 0 spiro atoms. The minimum absolute atomic E-state index is 0.00647. The number of aromatic nitrogens is 2. The highest BCUT2D eigenvalue weighted by molar-refractivity contribution is 5.76. The van der Waals surface area contributed by atoms with E-state index in [0.29, 0.717) is 37.0 Å². The summed E-state index contributed by atoms with van der Waals surface area (Å²) in [5, 5.41) is 6.90. The van der Waals surface area contributed by atoms with E-state index >= 15 is 0 Å². The van der Waals surface area contributed by atoms with Gasteiger partial charge >= 0.3 is 0 Å². The van der Waals surface area contributed by atoms with Gasteiger partial charge in [-0.2, -0.15) is 4.98 Å².